The maximum absolute atomic E-state index is 12.8. The van der Waals surface area contributed by atoms with E-state index in [2.05, 4.69) is 6.08 Å². The van der Waals surface area contributed by atoms with E-state index < -0.39 is 5.60 Å². The Morgan fingerprint density at radius 1 is 1.07 bits per heavy atom. The van der Waals surface area contributed by atoms with Crippen LogP contribution in [0.5, 0.6) is 0 Å². The van der Waals surface area contributed by atoms with Crippen molar-refractivity contribution in [1.82, 2.24) is 4.57 Å². The van der Waals surface area contributed by atoms with Gasteiger partial charge in [-0.15, -0.1) is 0 Å². The third-order valence-electron chi connectivity index (χ3n) is 4.07. The smallest absolute Gasteiger partial charge is 0.419 e. The molecular formula is C22H31NO4. The van der Waals surface area contributed by atoms with Crippen LogP contribution in [0.4, 0.5) is 4.79 Å². The summed E-state index contributed by atoms with van der Waals surface area (Å²) >= 11 is 0. The molecule has 0 aliphatic heterocycles. The molecule has 0 radical (unpaired) electrons. The highest BCUT2D eigenvalue weighted by molar-refractivity contribution is 5.97. The van der Waals surface area contributed by atoms with Crippen LogP contribution in [0.15, 0.2) is 29.8 Å². The van der Waals surface area contributed by atoms with Crippen LogP contribution in [0.25, 0.3) is 17.0 Å². The first-order valence-corrected chi connectivity index (χ1v) is 9.46. The molecule has 0 spiro atoms. The monoisotopic (exact) mass is 373 g/mol. The molecule has 0 amide bonds. The fourth-order valence-electron chi connectivity index (χ4n) is 2.91. The summed E-state index contributed by atoms with van der Waals surface area (Å²) in [4.78, 5) is 12.8. The first-order chi connectivity index (χ1) is 12.8. The molecule has 0 saturated heterocycles. The topological polar surface area (TPSA) is 49.7 Å². The average Bonchev–Trinajstić information content (AvgIpc) is 2.87. The first kappa shape index (κ1) is 21.2. The molecule has 0 aliphatic rings. The molecule has 2 aromatic rings. The maximum atomic E-state index is 12.8. The Morgan fingerprint density at radius 2 is 1.67 bits per heavy atom. The van der Waals surface area contributed by atoms with Crippen LogP contribution >= 0.6 is 0 Å². The Balaban J connectivity index is 2.54. The summed E-state index contributed by atoms with van der Waals surface area (Å²) in [5, 5.41) is 1.01. The number of carbonyl (C=O) groups excluding carboxylic acids is 1. The SMILES string of the molecule is CCOCC(=Cc1c(C)n(C(=O)OC(C)(C)C)c2ccccc12)COCC. The standard InChI is InChI=1S/C22H31NO4/c1-7-25-14-17(15-26-8-2)13-19-16(3)23(21(24)27-22(4,5)6)20-12-10-9-11-18(19)20/h9-13H,7-8,14-15H2,1-6H3. The Morgan fingerprint density at radius 3 is 2.22 bits per heavy atom. The van der Waals surface area contributed by atoms with Gasteiger partial charge in [-0.2, -0.15) is 0 Å². The number of nitrogens with zero attached hydrogens (tertiary/aromatic N) is 1. The quantitative estimate of drug-likeness (QED) is 0.670. The number of carbonyl (C=O) groups is 1. The summed E-state index contributed by atoms with van der Waals surface area (Å²) in [6.45, 7) is 13.8. The fourth-order valence-corrected chi connectivity index (χ4v) is 2.91. The number of para-hydroxylation sites is 1. The molecule has 0 unspecified atom stereocenters. The van der Waals surface area contributed by atoms with Gasteiger partial charge < -0.3 is 14.2 Å². The van der Waals surface area contributed by atoms with Gasteiger partial charge in [-0.3, -0.25) is 0 Å². The second kappa shape index (κ2) is 9.20. The zero-order valence-electron chi connectivity index (χ0n) is 17.3. The molecule has 0 N–H and O–H groups in total. The number of hydrogen-bond acceptors (Lipinski definition) is 4. The van der Waals surface area contributed by atoms with Crippen molar-refractivity contribution < 1.29 is 19.0 Å². The third kappa shape index (κ3) is 5.44. The lowest BCUT2D eigenvalue weighted by molar-refractivity contribution is 0.0541. The van der Waals surface area contributed by atoms with Crippen LogP contribution < -0.4 is 0 Å². The van der Waals surface area contributed by atoms with E-state index in [1.165, 1.54) is 0 Å². The number of rotatable bonds is 7. The molecule has 0 aliphatic carbocycles. The molecule has 5 heteroatoms. The molecule has 2 rings (SSSR count). The second-order valence-corrected chi connectivity index (χ2v) is 7.41. The fraction of sp³-hybridized carbons (Fsp3) is 0.500. The summed E-state index contributed by atoms with van der Waals surface area (Å²) in [5.74, 6) is 0. The van der Waals surface area contributed by atoms with Gasteiger partial charge in [0.25, 0.3) is 0 Å². The van der Waals surface area contributed by atoms with E-state index in [1.54, 1.807) is 4.57 Å². The second-order valence-electron chi connectivity index (χ2n) is 7.41. The van der Waals surface area contributed by atoms with E-state index in [0.29, 0.717) is 26.4 Å². The lowest BCUT2D eigenvalue weighted by Crippen LogP contribution is -2.27. The summed E-state index contributed by atoms with van der Waals surface area (Å²) in [6, 6.07) is 7.86. The molecule has 1 aromatic heterocycles. The molecule has 27 heavy (non-hydrogen) atoms. The maximum Gasteiger partial charge on any atom is 0.419 e. The van der Waals surface area contributed by atoms with Gasteiger partial charge in [0.05, 0.1) is 18.7 Å². The van der Waals surface area contributed by atoms with Gasteiger partial charge in [-0.1, -0.05) is 18.2 Å². The van der Waals surface area contributed by atoms with Gasteiger partial charge in [-0.05, 0) is 59.3 Å². The van der Waals surface area contributed by atoms with Crippen LogP contribution in [0.3, 0.4) is 0 Å². The Kier molecular flexibility index (Phi) is 7.22. The molecule has 0 fully saturated rings. The predicted molar refractivity (Wildman–Crippen MR) is 109 cm³/mol. The van der Waals surface area contributed by atoms with Crippen LogP contribution in [0, 0.1) is 6.92 Å². The zero-order chi connectivity index (χ0) is 20.0. The molecular weight excluding hydrogens is 342 g/mol. The molecule has 1 heterocycles. The molecule has 1 aromatic carbocycles. The summed E-state index contributed by atoms with van der Waals surface area (Å²) in [7, 11) is 0. The van der Waals surface area contributed by atoms with Crippen molar-refractivity contribution in [3.63, 3.8) is 0 Å². The van der Waals surface area contributed by atoms with Crippen LogP contribution in [-0.2, 0) is 14.2 Å². The lowest BCUT2D eigenvalue weighted by atomic mass is 10.1. The summed E-state index contributed by atoms with van der Waals surface area (Å²) in [5.41, 5.74) is 3.15. The van der Waals surface area contributed by atoms with Crippen molar-refractivity contribution in [3.05, 3.63) is 41.1 Å². The predicted octanol–water partition coefficient (Wildman–Crippen LogP) is 5.19. The van der Waals surface area contributed by atoms with Crippen molar-refractivity contribution in [3.8, 4) is 0 Å². The minimum atomic E-state index is -0.556. The van der Waals surface area contributed by atoms with Gasteiger partial charge in [0.2, 0.25) is 0 Å². The Hall–Kier alpha value is -2.11. The molecule has 5 nitrogen and oxygen atoms in total. The van der Waals surface area contributed by atoms with E-state index in [1.807, 2.05) is 65.8 Å². The summed E-state index contributed by atoms with van der Waals surface area (Å²) in [6.07, 6.45) is 1.70. The Bertz CT molecular complexity index is 802. The van der Waals surface area contributed by atoms with Crippen molar-refractivity contribution in [2.24, 2.45) is 0 Å². The van der Waals surface area contributed by atoms with Gasteiger partial charge in [0.1, 0.15) is 5.60 Å². The lowest BCUT2D eigenvalue weighted by Gasteiger charge is -2.20. The first-order valence-electron chi connectivity index (χ1n) is 9.46. The van der Waals surface area contributed by atoms with Crippen molar-refractivity contribution >= 4 is 23.1 Å². The van der Waals surface area contributed by atoms with E-state index in [4.69, 9.17) is 14.2 Å². The van der Waals surface area contributed by atoms with Crippen molar-refractivity contribution in [2.45, 2.75) is 47.1 Å². The normalized spacial score (nSPS) is 11.6. The third-order valence-corrected chi connectivity index (χ3v) is 4.07. The minimum Gasteiger partial charge on any atom is -0.443 e. The van der Waals surface area contributed by atoms with E-state index in [0.717, 1.165) is 27.7 Å². The largest absolute Gasteiger partial charge is 0.443 e. The molecule has 0 saturated carbocycles. The highest BCUT2D eigenvalue weighted by atomic mass is 16.6. The van der Waals surface area contributed by atoms with E-state index in [-0.39, 0.29) is 6.09 Å². The number of benzene rings is 1. The molecule has 0 bridgehead atoms. The number of aromatic nitrogens is 1. The summed E-state index contributed by atoms with van der Waals surface area (Å²) < 4.78 is 18.4. The highest BCUT2D eigenvalue weighted by Crippen LogP contribution is 2.29. The highest BCUT2D eigenvalue weighted by Gasteiger charge is 2.23. The average molecular weight is 373 g/mol. The van der Waals surface area contributed by atoms with E-state index in [9.17, 15) is 4.79 Å². The number of ether oxygens (including phenoxy) is 3. The molecule has 148 valence electrons. The van der Waals surface area contributed by atoms with Crippen molar-refractivity contribution in [2.75, 3.05) is 26.4 Å². The van der Waals surface area contributed by atoms with E-state index >= 15 is 0 Å². The van der Waals surface area contributed by atoms with Gasteiger partial charge in [0.15, 0.2) is 0 Å². The zero-order valence-corrected chi connectivity index (χ0v) is 17.3. The minimum absolute atomic E-state index is 0.369. The van der Waals surface area contributed by atoms with Gasteiger partial charge >= 0.3 is 6.09 Å². The van der Waals surface area contributed by atoms with Crippen LogP contribution in [-0.4, -0.2) is 42.7 Å². The van der Waals surface area contributed by atoms with Gasteiger partial charge in [0, 0.05) is 29.9 Å². The van der Waals surface area contributed by atoms with Crippen molar-refractivity contribution in [1.29, 1.82) is 0 Å². The Labute approximate surface area is 161 Å². The van der Waals surface area contributed by atoms with Gasteiger partial charge in [-0.25, -0.2) is 9.36 Å². The number of hydrogen-bond donors (Lipinski definition) is 0. The van der Waals surface area contributed by atoms with Crippen LogP contribution in [0.1, 0.15) is 45.9 Å². The molecule has 0 atom stereocenters. The number of fused-ring (bicyclic) bond motifs is 1. The van der Waals surface area contributed by atoms with Crippen LogP contribution in [0.2, 0.25) is 0 Å².